The summed E-state index contributed by atoms with van der Waals surface area (Å²) in [5.41, 5.74) is 0.432. The summed E-state index contributed by atoms with van der Waals surface area (Å²) < 4.78 is 5.17. The zero-order valence-electron chi connectivity index (χ0n) is 11.6. The molecule has 0 aliphatic heterocycles. The SMILES string of the molecule is CN(C(=O)NCCc1ccco1)c1ccccc1C(=O)O. The number of benzene rings is 1. The summed E-state index contributed by atoms with van der Waals surface area (Å²) >= 11 is 0. The van der Waals surface area contributed by atoms with Gasteiger partial charge in [0.15, 0.2) is 0 Å². The smallest absolute Gasteiger partial charge is 0.337 e. The minimum atomic E-state index is -1.07. The maximum absolute atomic E-state index is 12.0. The third-order valence-corrected chi connectivity index (χ3v) is 3.03. The van der Waals surface area contributed by atoms with Gasteiger partial charge >= 0.3 is 12.0 Å². The van der Waals surface area contributed by atoms with Crippen LogP contribution >= 0.6 is 0 Å². The van der Waals surface area contributed by atoms with E-state index in [2.05, 4.69) is 5.32 Å². The third kappa shape index (κ3) is 3.62. The monoisotopic (exact) mass is 288 g/mol. The largest absolute Gasteiger partial charge is 0.478 e. The predicted molar refractivity (Wildman–Crippen MR) is 77.6 cm³/mol. The van der Waals surface area contributed by atoms with Crippen molar-refractivity contribution in [2.75, 3.05) is 18.5 Å². The van der Waals surface area contributed by atoms with Gasteiger partial charge in [-0.15, -0.1) is 0 Å². The Balaban J connectivity index is 1.97. The number of carboxylic acid groups (broad SMARTS) is 1. The van der Waals surface area contributed by atoms with Gasteiger partial charge in [0.25, 0.3) is 0 Å². The fourth-order valence-corrected chi connectivity index (χ4v) is 1.92. The molecule has 6 heteroatoms. The number of para-hydroxylation sites is 1. The molecular formula is C15H16N2O4. The van der Waals surface area contributed by atoms with E-state index in [1.165, 1.54) is 18.0 Å². The Bertz CT molecular complexity index is 622. The van der Waals surface area contributed by atoms with E-state index in [-0.39, 0.29) is 11.6 Å². The fourth-order valence-electron chi connectivity index (χ4n) is 1.92. The van der Waals surface area contributed by atoms with Gasteiger partial charge in [-0.05, 0) is 24.3 Å². The number of carbonyl (C=O) groups is 2. The van der Waals surface area contributed by atoms with Crippen LogP contribution in [0.25, 0.3) is 0 Å². The number of carboxylic acids is 1. The van der Waals surface area contributed by atoms with Crippen molar-refractivity contribution in [3.63, 3.8) is 0 Å². The van der Waals surface area contributed by atoms with E-state index in [1.807, 2.05) is 6.07 Å². The lowest BCUT2D eigenvalue weighted by Gasteiger charge is -2.19. The first-order chi connectivity index (χ1) is 10.1. The van der Waals surface area contributed by atoms with E-state index in [0.29, 0.717) is 18.7 Å². The molecular weight excluding hydrogens is 272 g/mol. The van der Waals surface area contributed by atoms with Crippen molar-refractivity contribution < 1.29 is 19.1 Å². The molecule has 2 N–H and O–H groups in total. The molecule has 2 amide bonds. The molecule has 0 saturated heterocycles. The van der Waals surface area contributed by atoms with Crippen molar-refractivity contribution >= 4 is 17.7 Å². The number of furan rings is 1. The molecule has 0 aliphatic carbocycles. The molecule has 0 unspecified atom stereocenters. The second kappa shape index (κ2) is 6.60. The topological polar surface area (TPSA) is 82.8 Å². The zero-order valence-corrected chi connectivity index (χ0v) is 11.6. The zero-order chi connectivity index (χ0) is 15.2. The molecule has 0 fully saturated rings. The normalized spacial score (nSPS) is 10.1. The Labute approximate surface area is 122 Å². The van der Waals surface area contributed by atoms with Crippen molar-refractivity contribution in [1.82, 2.24) is 5.32 Å². The molecule has 2 aromatic rings. The van der Waals surface area contributed by atoms with Gasteiger partial charge in [-0.1, -0.05) is 12.1 Å². The standard InChI is InChI=1S/C15H16N2O4/c1-17(13-7-3-2-6-12(13)14(18)19)15(20)16-9-8-11-5-4-10-21-11/h2-7,10H,8-9H2,1H3,(H,16,20)(H,18,19). The molecule has 110 valence electrons. The number of nitrogens with zero attached hydrogens (tertiary/aromatic N) is 1. The van der Waals surface area contributed by atoms with Gasteiger partial charge in [-0.2, -0.15) is 0 Å². The molecule has 0 radical (unpaired) electrons. The van der Waals surface area contributed by atoms with E-state index in [1.54, 1.807) is 30.5 Å². The van der Waals surface area contributed by atoms with Crippen LogP contribution in [0.3, 0.4) is 0 Å². The van der Waals surface area contributed by atoms with Crippen LogP contribution < -0.4 is 10.2 Å². The highest BCUT2D eigenvalue weighted by atomic mass is 16.4. The number of amides is 2. The van der Waals surface area contributed by atoms with Gasteiger partial charge in [-0.3, -0.25) is 4.90 Å². The number of anilines is 1. The van der Waals surface area contributed by atoms with E-state index < -0.39 is 5.97 Å². The third-order valence-electron chi connectivity index (χ3n) is 3.03. The Kier molecular flexibility index (Phi) is 4.61. The van der Waals surface area contributed by atoms with Crippen molar-refractivity contribution in [2.45, 2.75) is 6.42 Å². The van der Waals surface area contributed by atoms with E-state index in [0.717, 1.165) is 5.76 Å². The van der Waals surface area contributed by atoms with Crippen LogP contribution in [0, 0.1) is 0 Å². The van der Waals surface area contributed by atoms with Gasteiger partial charge in [0.2, 0.25) is 0 Å². The highest BCUT2D eigenvalue weighted by Gasteiger charge is 2.17. The lowest BCUT2D eigenvalue weighted by molar-refractivity contribution is 0.0697. The summed E-state index contributed by atoms with van der Waals surface area (Å²) in [6, 6.07) is 9.61. The highest BCUT2D eigenvalue weighted by Crippen LogP contribution is 2.19. The van der Waals surface area contributed by atoms with Crippen molar-refractivity contribution in [3.8, 4) is 0 Å². The number of hydrogen-bond acceptors (Lipinski definition) is 3. The molecule has 1 aromatic carbocycles. The summed E-state index contributed by atoms with van der Waals surface area (Å²) in [4.78, 5) is 24.5. The first kappa shape index (κ1) is 14.6. The second-order valence-corrected chi connectivity index (χ2v) is 4.44. The van der Waals surface area contributed by atoms with Gasteiger partial charge in [-0.25, -0.2) is 9.59 Å². The van der Waals surface area contributed by atoms with Crippen LogP contribution in [0.15, 0.2) is 47.1 Å². The highest BCUT2D eigenvalue weighted by molar-refractivity contribution is 6.01. The Morgan fingerprint density at radius 1 is 1.24 bits per heavy atom. The molecule has 1 aromatic heterocycles. The van der Waals surface area contributed by atoms with Crippen LogP contribution in [-0.4, -0.2) is 30.7 Å². The van der Waals surface area contributed by atoms with Gasteiger partial charge < -0.3 is 14.8 Å². The first-order valence-electron chi connectivity index (χ1n) is 6.46. The molecule has 21 heavy (non-hydrogen) atoms. The van der Waals surface area contributed by atoms with E-state index >= 15 is 0 Å². The molecule has 0 aliphatic rings. The molecule has 1 heterocycles. The Hall–Kier alpha value is -2.76. The van der Waals surface area contributed by atoms with Crippen LogP contribution in [0.1, 0.15) is 16.1 Å². The maximum Gasteiger partial charge on any atom is 0.337 e. The Morgan fingerprint density at radius 2 is 2.00 bits per heavy atom. The number of rotatable bonds is 5. The number of aromatic carboxylic acids is 1. The van der Waals surface area contributed by atoms with E-state index in [4.69, 9.17) is 9.52 Å². The summed E-state index contributed by atoms with van der Waals surface area (Å²) in [7, 11) is 1.53. The first-order valence-corrected chi connectivity index (χ1v) is 6.46. The maximum atomic E-state index is 12.0. The van der Waals surface area contributed by atoms with Crippen molar-refractivity contribution in [2.24, 2.45) is 0 Å². The van der Waals surface area contributed by atoms with Crippen LogP contribution in [0.2, 0.25) is 0 Å². The van der Waals surface area contributed by atoms with Crippen LogP contribution in [0.4, 0.5) is 10.5 Å². The van der Waals surface area contributed by atoms with Gasteiger partial charge in [0, 0.05) is 20.0 Å². The van der Waals surface area contributed by atoms with Crippen molar-refractivity contribution in [3.05, 3.63) is 54.0 Å². The molecule has 0 saturated carbocycles. The minimum Gasteiger partial charge on any atom is -0.478 e. The average Bonchev–Trinajstić information content (AvgIpc) is 2.99. The average molecular weight is 288 g/mol. The van der Waals surface area contributed by atoms with Crippen LogP contribution in [-0.2, 0) is 6.42 Å². The number of urea groups is 1. The van der Waals surface area contributed by atoms with Gasteiger partial charge in [0.1, 0.15) is 5.76 Å². The lowest BCUT2D eigenvalue weighted by Crippen LogP contribution is -2.38. The number of carbonyl (C=O) groups excluding carboxylic acids is 1. The predicted octanol–water partition coefficient (Wildman–Crippen LogP) is 2.37. The van der Waals surface area contributed by atoms with Crippen LogP contribution in [0.5, 0.6) is 0 Å². The Morgan fingerprint density at radius 3 is 2.67 bits per heavy atom. The molecule has 2 rings (SSSR count). The number of hydrogen-bond donors (Lipinski definition) is 2. The summed E-state index contributed by atoms with van der Waals surface area (Å²) in [6.07, 6.45) is 2.15. The number of nitrogens with one attached hydrogen (secondary N) is 1. The molecule has 6 nitrogen and oxygen atoms in total. The molecule has 0 bridgehead atoms. The minimum absolute atomic E-state index is 0.0844. The summed E-state index contributed by atoms with van der Waals surface area (Å²) in [6.45, 7) is 0.409. The van der Waals surface area contributed by atoms with Crippen molar-refractivity contribution in [1.29, 1.82) is 0 Å². The fraction of sp³-hybridized carbons (Fsp3) is 0.200. The van der Waals surface area contributed by atoms with E-state index in [9.17, 15) is 9.59 Å². The lowest BCUT2D eigenvalue weighted by atomic mass is 10.1. The summed E-state index contributed by atoms with van der Waals surface area (Å²) in [5.74, 6) is -0.287. The van der Waals surface area contributed by atoms with Gasteiger partial charge in [0.05, 0.1) is 17.5 Å². The quantitative estimate of drug-likeness (QED) is 0.884. The second-order valence-electron chi connectivity index (χ2n) is 4.44. The molecule has 0 spiro atoms. The summed E-state index contributed by atoms with van der Waals surface area (Å²) in [5, 5.41) is 11.8. The molecule has 0 atom stereocenters.